The van der Waals surface area contributed by atoms with Gasteiger partial charge in [0.15, 0.2) is 5.65 Å². The van der Waals surface area contributed by atoms with Crippen LogP contribution in [0.15, 0.2) is 79.1 Å². The number of hydrogen-bond acceptors (Lipinski definition) is 4. The van der Waals surface area contributed by atoms with Gasteiger partial charge in [0.2, 0.25) is 0 Å². The van der Waals surface area contributed by atoms with Gasteiger partial charge in [0.25, 0.3) is 5.91 Å². The lowest BCUT2D eigenvalue weighted by molar-refractivity contribution is 0.0598. The predicted molar refractivity (Wildman–Crippen MR) is 120 cm³/mol. The molecular formula is C25H25N5O. The zero-order valence-corrected chi connectivity index (χ0v) is 17.6. The first-order chi connectivity index (χ1) is 15.2. The molecule has 1 amide bonds. The molecule has 6 nitrogen and oxygen atoms in total. The molecule has 2 aromatic carbocycles. The Morgan fingerprint density at radius 1 is 0.871 bits per heavy atom. The second-order valence-corrected chi connectivity index (χ2v) is 7.90. The van der Waals surface area contributed by atoms with E-state index < -0.39 is 0 Å². The fourth-order valence-corrected chi connectivity index (χ4v) is 4.47. The Bertz CT molecular complexity index is 1140. The molecule has 0 aliphatic carbocycles. The van der Waals surface area contributed by atoms with Crippen LogP contribution in [0.5, 0.6) is 0 Å². The Kier molecular flexibility index (Phi) is 5.22. The van der Waals surface area contributed by atoms with Crippen molar-refractivity contribution in [3.8, 4) is 0 Å². The van der Waals surface area contributed by atoms with Gasteiger partial charge in [-0.1, -0.05) is 60.7 Å². The average molecular weight is 412 g/mol. The minimum Gasteiger partial charge on any atom is -0.336 e. The van der Waals surface area contributed by atoms with E-state index in [-0.39, 0.29) is 11.9 Å². The molecular weight excluding hydrogens is 386 g/mol. The van der Waals surface area contributed by atoms with Crippen LogP contribution in [0, 0.1) is 6.92 Å². The minimum absolute atomic E-state index is 0.0156. The fourth-order valence-electron chi connectivity index (χ4n) is 4.47. The number of carbonyl (C=O) groups excluding carboxylic acids is 1. The van der Waals surface area contributed by atoms with Crippen molar-refractivity contribution in [1.82, 2.24) is 24.4 Å². The molecule has 31 heavy (non-hydrogen) atoms. The normalized spacial score (nSPS) is 15.0. The first-order valence-electron chi connectivity index (χ1n) is 10.7. The summed E-state index contributed by atoms with van der Waals surface area (Å²) < 4.78 is 1.68. The summed E-state index contributed by atoms with van der Waals surface area (Å²) in [7, 11) is 0. The van der Waals surface area contributed by atoms with E-state index in [1.807, 2.05) is 24.1 Å². The molecule has 0 saturated carbocycles. The molecule has 0 unspecified atom stereocenters. The lowest BCUT2D eigenvalue weighted by atomic mass is 9.96. The average Bonchev–Trinajstić information content (AvgIpc) is 3.16. The number of fused-ring (bicyclic) bond motifs is 1. The zero-order chi connectivity index (χ0) is 21.2. The van der Waals surface area contributed by atoms with Crippen molar-refractivity contribution in [3.63, 3.8) is 0 Å². The summed E-state index contributed by atoms with van der Waals surface area (Å²) in [6.45, 7) is 4.86. The summed E-state index contributed by atoms with van der Waals surface area (Å²) in [6.07, 6.45) is 3.53. The Morgan fingerprint density at radius 2 is 1.48 bits per heavy atom. The van der Waals surface area contributed by atoms with Crippen LogP contribution in [-0.2, 0) is 0 Å². The number of aromatic nitrogens is 3. The lowest BCUT2D eigenvalue weighted by Gasteiger charge is -2.39. The maximum atomic E-state index is 13.3. The minimum atomic E-state index is 0.0156. The van der Waals surface area contributed by atoms with Crippen LogP contribution in [-0.4, -0.2) is 56.5 Å². The monoisotopic (exact) mass is 411 g/mol. The molecule has 5 rings (SSSR count). The number of benzene rings is 2. The van der Waals surface area contributed by atoms with Gasteiger partial charge in [-0.3, -0.25) is 9.69 Å². The summed E-state index contributed by atoms with van der Waals surface area (Å²) >= 11 is 0. The van der Waals surface area contributed by atoms with Crippen molar-refractivity contribution in [2.75, 3.05) is 26.2 Å². The summed E-state index contributed by atoms with van der Waals surface area (Å²) in [4.78, 5) is 22.1. The summed E-state index contributed by atoms with van der Waals surface area (Å²) in [5.41, 5.74) is 4.50. The smallest absolute Gasteiger partial charge is 0.259 e. The van der Waals surface area contributed by atoms with Gasteiger partial charge in [0.05, 0.1) is 11.7 Å². The Morgan fingerprint density at radius 3 is 2.10 bits per heavy atom. The van der Waals surface area contributed by atoms with Crippen LogP contribution in [0.2, 0.25) is 0 Å². The zero-order valence-electron chi connectivity index (χ0n) is 17.6. The number of rotatable bonds is 4. The van der Waals surface area contributed by atoms with E-state index in [1.165, 1.54) is 11.1 Å². The maximum Gasteiger partial charge on any atom is 0.259 e. The fraction of sp³-hybridized carbons (Fsp3) is 0.240. The molecule has 0 bridgehead atoms. The second-order valence-electron chi connectivity index (χ2n) is 7.90. The Labute approximate surface area is 181 Å². The molecule has 1 aliphatic heterocycles. The van der Waals surface area contributed by atoms with E-state index in [4.69, 9.17) is 0 Å². The van der Waals surface area contributed by atoms with Crippen LogP contribution in [0.25, 0.3) is 5.65 Å². The standard InChI is InChI=1S/C25H25N5O/c1-19-22(24-26-13-8-14-30(24)27-19)25(31)29-17-15-28(16-18-29)23(20-9-4-2-5-10-20)21-11-6-3-7-12-21/h2-14,23H,15-18H2,1H3. The molecule has 3 heterocycles. The number of nitrogens with zero attached hydrogens (tertiary/aromatic N) is 5. The summed E-state index contributed by atoms with van der Waals surface area (Å²) in [5.74, 6) is 0.0156. The highest BCUT2D eigenvalue weighted by Gasteiger charge is 2.30. The van der Waals surface area contributed by atoms with Crippen molar-refractivity contribution >= 4 is 11.6 Å². The van der Waals surface area contributed by atoms with E-state index in [1.54, 1.807) is 10.7 Å². The van der Waals surface area contributed by atoms with Crippen molar-refractivity contribution < 1.29 is 4.79 Å². The largest absolute Gasteiger partial charge is 0.336 e. The van der Waals surface area contributed by atoms with Gasteiger partial charge in [-0.25, -0.2) is 9.50 Å². The van der Waals surface area contributed by atoms with Crippen molar-refractivity contribution in [2.45, 2.75) is 13.0 Å². The van der Waals surface area contributed by atoms with E-state index in [0.29, 0.717) is 24.3 Å². The predicted octanol–water partition coefficient (Wildman–Crippen LogP) is 3.59. The Balaban J connectivity index is 1.37. The molecule has 2 aromatic heterocycles. The molecule has 0 spiro atoms. The van der Waals surface area contributed by atoms with Gasteiger partial charge in [-0.05, 0) is 24.1 Å². The van der Waals surface area contributed by atoms with E-state index in [9.17, 15) is 4.79 Å². The summed E-state index contributed by atoms with van der Waals surface area (Å²) in [5, 5.41) is 4.45. The molecule has 156 valence electrons. The highest BCUT2D eigenvalue weighted by atomic mass is 16.2. The van der Waals surface area contributed by atoms with Crippen LogP contribution in [0.3, 0.4) is 0 Å². The lowest BCUT2D eigenvalue weighted by Crippen LogP contribution is -2.50. The van der Waals surface area contributed by atoms with Crippen LogP contribution in [0.4, 0.5) is 0 Å². The van der Waals surface area contributed by atoms with Crippen LogP contribution in [0.1, 0.15) is 33.2 Å². The highest BCUT2D eigenvalue weighted by molar-refractivity contribution is 6.01. The van der Waals surface area contributed by atoms with Gasteiger partial charge in [0.1, 0.15) is 5.56 Å². The SMILES string of the molecule is Cc1nn2cccnc2c1C(=O)N1CCN(C(c2ccccc2)c2ccccc2)CC1. The van der Waals surface area contributed by atoms with E-state index in [0.717, 1.165) is 18.8 Å². The van der Waals surface area contributed by atoms with Gasteiger partial charge >= 0.3 is 0 Å². The Hall–Kier alpha value is -3.51. The van der Waals surface area contributed by atoms with Crippen LogP contribution < -0.4 is 0 Å². The molecule has 1 saturated heterocycles. The van der Waals surface area contributed by atoms with Gasteiger partial charge < -0.3 is 4.90 Å². The number of carbonyl (C=O) groups is 1. The van der Waals surface area contributed by atoms with Crippen molar-refractivity contribution in [1.29, 1.82) is 0 Å². The van der Waals surface area contributed by atoms with Crippen LogP contribution >= 0.6 is 0 Å². The second kappa shape index (κ2) is 8.32. The number of piperazine rings is 1. The quantitative estimate of drug-likeness (QED) is 0.515. The molecule has 6 heteroatoms. The van der Waals surface area contributed by atoms with Crippen molar-refractivity contribution in [3.05, 3.63) is 102 Å². The van der Waals surface area contributed by atoms with E-state index in [2.05, 4.69) is 75.6 Å². The summed E-state index contributed by atoms with van der Waals surface area (Å²) in [6, 6.07) is 23.2. The molecule has 1 aliphatic rings. The van der Waals surface area contributed by atoms with Gasteiger partial charge in [-0.2, -0.15) is 5.10 Å². The highest BCUT2D eigenvalue weighted by Crippen LogP contribution is 2.30. The molecule has 1 fully saturated rings. The van der Waals surface area contributed by atoms with E-state index >= 15 is 0 Å². The molecule has 0 N–H and O–H groups in total. The third kappa shape index (κ3) is 3.70. The molecule has 0 radical (unpaired) electrons. The van der Waals surface area contributed by atoms with Gasteiger partial charge in [-0.15, -0.1) is 0 Å². The number of aryl methyl sites for hydroxylation is 1. The third-order valence-corrected chi connectivity index (χ3v) is 5.98. The molecule has 0 atom stereocenters. The number of hydrogen-bond donors (Lipinski definition) is 0. The van der Waals surface area contributed by atoms with Crippen molar-refractivity contribution in [2.24, 2.45) is 0 Å². The first-order valence-corrected chi connectivity index (χ1v) is 10.7. The maximum absolute atomic E-state index is 13.3. The van der Waals surface area contributed by atoms with Gasteiger partial charge in [0, 0.05) is 38.6 Å². The first kappa shape index (κ1) is 19.5. The number of amides is 1. The molecule has 4 aromatic rings. The topological polar surface area (TPSA) is 53.7 Å². The third-order valence-electron chi connectivity index (χ3n) is 5.98.